The van der Waals surface area contributed by atoms with E-state index in [9.17, 15) is 4.79 Å². The van der Waals surface area contributed by atoms with Crippen molar-refractivity contribution in [3.05, 3.63) is 0 Å². The molecule has 0 rings (SSSR count). The summed E-state index contributed by atoms with van der Waals surface area (Å²) in [5, 5.41) is 0. The lowest BCUT2D eigenvalue weighted by molar-refractivity contribution is -0.152. The highest BCUT2D eigenvalue weighted by Gasteiger charge is 2.33. The van der Waals surface area contributed by atoms with Crippen LogP contribution in [0.1, 0.15) is 41.5 Å². The second kappa shape index (κ2) is 7.87. The summed E-state index contributed by atoms with van der Waals surface area (Å²) in [6, 6.07) is 3.17. The Morgan fingerprint density at radius 1 is 1.06 bits per heavy atom. The zero-order valence-corrected chi connectivity index (χ0v) is 13.2. The summed E-state index contributed by atoms with van der Waals surface area (Å²) < 4.78 is 11.2. The van der Waals surface area contributed by atoms with Gasteiger partial charge in [-0.1, -0.05) is 34.6 Å². The third-order valence-electron chi connectivity index (χ3n) is 3.25. The molecule has 0 aliphatic heterocycles. The van der Waals surface area contributed by atoms with E-state index < -0.39 is 14.4 Å². The molecule has 0 amide bonds. The molecule has 0 saturated heterocycles. The van der Waals surface area contributed by atoms with Gasteiger partial charge >= 0.3 is 5.97 Å². The molecule has 0 aliphatic carbocycles. The molecule has 0 aromatic heterocycles. The van der Waals surface area contributed by atoms with Crippen molar-refractivity contribution in [3.8, 4) is 0 Å². The molecule has 0 N–H and O–H groups in total. The van der Waals surface area contributed by atoms with Gasteiger partial charge in [-0.3, -0.25) is 0 Å². The van der Waals surface area contributed by atoms with Gasteiger partial charge in [-0.05, 0) is 31.0 Å². The number of rotatable bonds is 8. The molecule has 0 spiro atoms. The van der Waals surface area contributed by atoms with Crippen LogP contribution in [-0.4, -0.2) is 27.0 Å². The highest BCUT2D eigenvalue weighted by atomic mass is 28.4. The Balaban J connectivity index is 4.30. The van der Waals surface area contributed by atoms with Crippen molar-refractivity contribution >= 4 is 14.3 Å². The van der Waals surface area contributed by atoms with Crippen molar-refractivity contribution in [2.45, 2.75) is 65.8 Å². The Labute approximate surface area is 107 Å². The first kappa shape index (κ1) is 16.6. The van der Waals surface area contributed by atoms with Crippen molar-refractivity contribution in [1.82, 2.24) is 0 Å². The first-order valence-corrected chi connectivity index (χ1v) is 9.28. The number of carbonyl (C=O) groups excluding carboxylic acids is 1. The minimum Gasteiger partial charge on any atom is -0.464 e. The van der Waals surface area contributed by atoms with Crippen molar-refractivity contribution < 1.29 is 14.0 Å². The molecular weight excluding hydrogens is 232 g/mol. The van der Waals surface area contributed by atoms with Crippen LogP contribution in [0, 0.1) is 5.92 Å². The molecule has 4 heteroatoms. The first-order valence-electron chi connectivity index (χ1n) is 6.75. The average molecular weight is 260 g/mol. The van der Waals surface area contributed by atoms with E-state index in [0.717, 1.165) is 18.1 Å². The lowest BCUT2D eigenvalue weighted by Crippen LogP contribution is -2.42. The van der Waals surface area contributed by atoms with Gasteiger partial charge < -0.3 is 9.16 Å². The van der Waals surface area contributed by atoms with Gasteiger partial charge in [0.2, 0.25) is 0 Å². The van der Waals surface area contributed by atoms with Crippen LogP contribution in [0.5, 0.6) is 0 Å². The van der Waals surface area contributed by atoms with Gasteiger partial charge in [-0.15, -0.1) is 0 Å². The molecule has 17 heavy (non-hydrogen) atoms. The first-order chi connectivity index (χ1) is 7.90. The number of ether oxygens (including phenoxy) is 1. The fourth-order valence-electron chi connectivity index (χ4n) is 1.79. The molecule has 0 saturated carbocycles. The Hall–Kier alpha value is -0.353. The number of esters is 1. The van der Waals surface area contributed by atoms with E-state index in [2.05, 4.69) is 20.8 Å². The number of carbonyl (C=O) groups is 1. The number of hydrogen-bond acceptors (Lipinski definition) is 3. The average Bonchev–Trinajstić information content (AvgIpc) is 2.32. The molecule has 1 atom stereocenters. The minimum absolute atomic E-state index is 0.217. The van der Waals surface area contributed by atoms with Crippen LogP contribution in [0.2, 0.25) is 18.1 Å². The van der Waals surface area contributed by atoms with Crippen LogP contribution < -0.4 is 0 Å². The molecule has 0 aliphatic rings. The van der Waals surface area contributed by atoms with Crippen LogP contribution in [0.4, 0.5) is 0 Å². The quantitative estimate of drug-likeness (QED) is 0.494. The van der Waals surface area contributed by atoms with Crippen LogP contribution in [0.3, 0.4) is 0 Å². The van der Waals surface area contributed by atoms with E-state index in [4.69, 9.17) is 9.16 Å². The summed E-state index contributed by atoms with van der Waals surface area (Å²) in [4.78, 5) is 11.7. The van der Waals surface area contributed by atoms with E-state index in [1.807, 2.05) is 20.8 Å². The Bertz CT molecular complexity index is 216. The topological polar surface area (TPSA) is 35.5 Å². The second-order valence-corrected chi connectivity index (χ2v) is 9.75. The van der Waals surface area contributed by atoms with Gasteiger partial charge in [0.15, 0.2) is 8.32 Å². The SMILES string of the molecule is CC[Si](CC)(CC)O[C@H](C)C(=O)OCC(C)C. The third kappa shape index (κ3) is 5.68. The second-order valence-electron chi connectivity index (χ2n) is 5.03. The smallest absolute Gasteiger partial charge is 0.333 e. The molecule has 0 radical (unpaired) electrons. The minimum atomic E-state index is -1.70. The summed E-state index contributed by atoms with van der Waals surface area (Å²) in [5.74, 6) is 0.155. The summed E-state index contributed by atoms with van der Waals surface area (Å²) in [6.45, 7) is 12.8. The van der Waals surface area contributed by atoms with Crippen molar-refractivity contribution in [2.75, 3.05) is 6.61 Å². The standard InChI is InChI=1S/C13H28O3Si/c1-7-17(8-2,9-3)16-12(6)13(14)15-10-11(4)5/h11-12H,7-10H2,1-6H3/t12-/m1/s1. The Morgan fingerprint density at radius 3 is 1.88 bits per heavy atom. The predicted octanol–water partition coefficient (Wildman–Crippen LogP) is 3.60. The molecule has 0 bridgehead atoms. The van der Waals surface area contributed by atoms with Crippen LogP contribution in [-0.2, 0) is 14.0 Å². The maximum Gasteiger partial charge on any atom is 0.333 e. The molecule has 102 valence electrons. The predicted molar refractivity (Wildman–Crippen MR) is 73.5 cm³/mol. The lowest BCUT2D eigenvalue weighted by Gasteiger charge is -2.30. The van der Waals surface area contributed by atoms with Gasteiger partial charge in [0.1, 0.15) is 6.10 Å². The van der Waals surface area contributed by atoms with Crippen molar-refractivity contribution in [2.24, 2.45) is 5.92 Å². The molecule has 0 aromatic rings. The highest BCUT2D eigenvalue weighted by Crippen LogP contribution is 2.23. The van der Waals surface area contributed by atoms with Crippen LogP contribution in [0.15, 0.2) is 0 Å². The van der Waals surface area contributed by atoms with Gasteiger partial charge in [0, 0.05) is 0 Å². The van der Waals surface area contributed by atoms with Gasteiger partial charge in [-0.25, -0.2) is 4.79 Å². The van der Waals surface area contributed by atoms with Crippen molar-refractivity contribution in [1.29, 1.82) is 0 Å². The highest BCUT2D eigenvalue weighted by molar-refractivity contribution is 6.73. The van der Waals surface area contributed by atoms with Crippen LogP contribution >= 0.6 is 0 Å². The molecule has 0 fully saturated rings. The molecular formula is C13H28O3Si. The summed E-state index contributed by atoms with van der Waals surface area (Å²) in [7, 11) is -1.70. The Kier molecular flexibility index (Phi) is 7.71. The van der Waals surface area contributed by atoms with E-state index in [1.54, 1.807) is 0 Å². The van der Waals surface area contributed by atoms with Gasteiger partial charge in [-0.2, -0.15) is 0 Å². The summed E-state index contributed by atoms with van der Waals surface area (Å²) in [5.41, 5.74) is 0. The largest absolute Gasteiger partial charge is 0.464 e. The molecule has 0 unspecified atom stereocenters. The van der Waals surface area contributed by atoms with E-state index >= 15 is 0 Å². The zero-order chi connectivity index (χ0) is 13.5. The molecule has 0 heterocycles. The zero-order valence-electron chi connectivity index (χ0n) is 12.2. The maximum atomic E-state index is 11.7. The maximum absolute atomic E-state index is 11.7. The monoisotopic (exact) mass is 260 g/mol. The van der Waals surface area contributed by atoms with E-state index in [1.165, 1.54) is 0 Å². The van der Waals surface area contributed by atoms with Crippen LogP contribution in [0.25, 0.3) is 0 Å². The van der Waals surface area contributed by atoms with E-state index in [0.29, 0.717) is 12.5 Å². The van der Waals surface area contributed by atoms with Crippen molar-refractivity contribution in [3.63, 3.8) is 0 Å². The molecule has 0 aromatic carbocycles. The molecule has 3 nitrogen and oxygen atoms in total. The number of hydrogen-bond donors (Lipinski definition) is 0. The fourth-order valence-corrected chi connectivity index (χ4v) is 4.64. The fraction of sp³-hybridized carbons (Fsp3) is 0.923. The lowest BCUT2D eigenvalue weighted by atomic mass is 10.2. The Morgan fingerprint density at radius 2 is 1.53 bits per heavy atom. The summed E-state index contributed by atoms with van der Waals surface area (Å²) in [6.07, 6.45) is -0.416. The normalized spacial score (nSPS) is 13.8. The van der Waals surface area contributed by atoms with Gasteiger partial charge in [0.25, 0.3) is 0 Å². The van der Waals surface area contributed by atoms with E-state index in [-0.39, 0.29) is 5.97 Å². The summed E-state index contributed by atoms with van der Waals surface area (Å²) >= 11 is 0. The third-order valence-corrected chi connectivity index (χ3v) is 7.97. The van der Waals surface area contributed by atoms with Gasteiger partial charge in [0.05, 0.1) is 6.61 Å².